The number of nitrogens with zero attached hydrogens (tertiary/aromatic N) is 1. The molecule has 1 aromatic rings. The smallest absolute Gasteiger partial charge is 0.326 e. The van der Waals surface area contributed by atoms with E-state index in [1.165, 1.54) is 4.90 Å². The highest BCUT2D eigenvalue weighted by molar-refractivity contribution is 5.88. The number of amides is 1. The fourth-order valence-corrected chi connectivity index (χ4v) is 4.83. The lowest BCUT2D eigenvalue weighted by Crippen LogP contribution is -2.55. The third kappa shape index (κ3) is 4.96. The predicted molar refractivity (Wildman–Crippen MR) is 107 cm³/mol. The Bertz CT molecular complexity index is 738. The normalized spacial score (nSPS) is 25.8. The molecule has 0 spiro atoms. The van der Waals surface area contributed by atoms with Crippen molar-refractivity contribution in [1.29, 1.82) is 0 Å². The summed E-state index contributed by atoms with van der Waals surface area (Å²) in [6.45, 7) is 1.63. The second kappa shape index (κ2) is 9.39. The van der Waals surface area contributed by atoms with Crippen molar-refractivity contribution in [2.45, 2.75) is 76.0 Å². The van der Waals surface area contributed by atoms with Crippen LogP contribution in [0.3, 0.4) is 0 Å². The largest absolute Gasteiger partial charge is 0.480 e. The molecular weight excluding hydrogens is 372 g/mol. The fourth-order valence-electron chi connectivity index (χ4n) is 4.83. The molecule has 29 heavy (non-hydrogen) atoms. The zero-order chi connectivity index (χ0) is 21.0. The Morgan fingerprint density at radius 2 is 1.83 bits per heavy atom. The molecule has 1 aliphatic carbocycles. The molecule has 1 aliphatic heterocycles. The number of fused-ring (bicyclic) bond motifs is 1. The number of rotatable bonds is 8. The number of aliphatic carboxylic acids is 2. The van der Waals surface area contributed by atoms with Crippen LogP contribution in [-0.2, 0) is 20.8 Å². The summed E-state index contributed by atoms with van der Waals surface area (Å²) >= 11 is 0. The van der Waals surface area contributed by atoms with E-state index in [9.17, 15) is 24.6 Å². The first-order chi connectivity index (χ1) is 13.9. The average molecular weight is 402 g/mol. The SMILES string of the molecule is CC(NC(CCc1ccccc1)C(=O)O)C(=O)N1[C@H](C(=O)O)C[C@@H]2CCCC[C@@H]21. The Hall–Kier alpha value is -2.41. The van der Waals surface area contributed by atoms with Gasteiger partial charge in [0.25, 0.3) is 0 Å². The molecule has 1 saturated heterocycles. The van der Waals surface area contributed by atoms with Crippen LogP contribution >= 0.6 is 0 Å². The zero-order valence-electron chi connectivity index (χ0n) is 16.8. The van der Waals surface area contributed by atoms with Crippen LogP contribution in [-0.4, -0.2) is 57.1 Å². The van der Waals surface area contributed by atoms with Crippen molar-refractivity contribution in [3.63, 3.8) is 0 Å². The van der Waals surface area contributed by atoms with E-state index in [0.29, 0.717) is 19.3 Å². The van der Waals surface area contributed by atoms with Crippen LogP contribution in [0.15, 0.2) is 30.3 Å². The summed E-state index contributed by atoms with van der Waals surface area (Å²) in [5.74, 6) is -2.06. The molecule has 0 aromatic heterocycles. The van der Waals surface area contributed by atoms with Gasteiger partial charge in [-0.1, -0.05) is 43.2 Å². The van der Waals surface area contributed by atoms with Crippen LogP contribution in [0.2, 0.25) is 0 Å². The average Bonchev–Trinajstić information content (AvgIpc) is 3.10. The topological polar surface area (TPSA) is 107 Å². The van der Waals surface area contributed by atoms with Gasteiger partial charge in [0.05, 0.1) is 6.04 Å². The lowest BCUT2D eigenvalue weighted by molar-refractivity contribution is -0.151. The summed E-state index contributed by atoms with van der Waals surface area (Å²) in [5.41, 5.74) is 1.04. The van der Waals surface area contributed by atoms with Crippen molar-refractivity contribution in [3.05, 3.63) is 35.9 Å². The number of likely N-dealkylation sites (tertiary alicyclic amines) is 1. The number of aryl methyl sites for hydroxylation is 1. The van der Waals surface area contributed by atoms with Gasteiger partial charge in [-0.15, -0.1) is 0 Å². The summed E-state index contributed by atoms with van der Waals surface area (Å²) in [5, 5.41) is 22.2. The highest BCUT2D eigenvalue weighted by Gasteiger charge is 2.48. The standard InChI is InChI=1S/C22H30N2O5/c1-14(23-17(21(26)27)12-11-15-7-3-2-4-8-15)20(25)24-18-10-6-5-9-16(18)13-19(24)22(28)29/h2-4,7-8,14,16-19,23H,5-6,9-13H2,1H3,(H,26,27)(H,28,29)/t14?,16-,17?,18-,19-/m0/s1. The Morgan fingerprint density at radius 3 is 2.48 bits per heavy atom. The van der Waals surface area contributed by atoms with Crippen molar-refractivity contribution >= 4 is 17.8 Å². The summed E-state index contributed by atoms with van der Waals surface area (Å²) in [7, 11) is 0. The van der Waals surface area contributed by atoms with Gasteiger partial charge in [0, 0.05) is 6.04 Å². The summed E-state index contributed by atoms with van der Waals surface area (Å²) < 4.78 is 0. The quantitative estimate of drug-likeness (QED) is 0.616. The molecule has 1 heterocycles. The van der Waals surface area contributed by atoms with Crippen molar-refractivity contribution < 1.29 is 24.6 Å². The van der Waals surface area contributed by atoms with Gasteiger partial charge in [0.15, 0.2) is 0 Å². The fraction of sp³-hybridized carbons (Fsp3) is 0.591. The highest BCUT2D eigenvalue weighted by Crippen LogP contribution is 2.40. The van der Waals surface area contributed by atoms with Gasteiger partial charge in [0.1, 0.15) is 12.1 Å². The number of hydrogen-bond donors (Lipinski definition) is 3. The molecule has 0 bridgehead atoms. The van der Waals surface area contributed by atoms with Crippen molar-refractivity contribution in [1.82, 2.24) is 10.2 Å². The number of carbonyl (C=O) groups excluding carboxylic acids is 1. The molecule has 3 N–H and O–H groups in total. The van der Waals surface area contributed by atoms with Gasteiger partial charge in [0.2, 0.25) is 5.91 Å². The molecule has 7 nitrogen and oxygen atoms in total. The number of carboxylic acids is 2. The van der Waals surface area contributed by atoms with Crippen molar-refractivity contribution in [2.75, 3.05) is 0 Å². The summed E-state index contributed by atoms with van der Waals surface area (Å²) in [6, 6.07) is 7.12. The molecule has 0 radical (unpaired) electrons. The molecule has 7 heteroatoms. The van der Waals surface area contributed by atoms with Gasteiger partial charge in [-0.2, -0.15) is 0 Å². The van der Waals surface area contributed by atoms with E-state index in [-0.39, 0.29) is 17.9 Å². The lowest BCUT2D eigenvalue weighted by Gasteiger charge is -2.35. The zero-order valence-corrected chi connectivity index (χ0v) is 16.8. The molecule has 5 atom stereocenters. The maximum atomic E-state index is 13.2. The van der Waals surface area contributed by atoms with Crippen LogP contribution in [0.1, 0.15) is 51.0 Å². The molecule has 1 aromatic carbocycles. The first-order valence-corrected chi connectivity index (χ1v) is 10.5. The van der Waals surface area contributed by atoms with E-state index in [2.05, 4.69) is 5.32 Å². The minimum Gasteiger partial charge on any atom is -0.480 e. The monoisotopic (exact) mass is 402 g/mol. The van der Waals surface area contributed by atoms with Gasteiger partial charge >= 0.3 is 11.9 Å². The van der Waals surface area contributed by atoms with E-state index >= 15 is 0 Å². The third-order valence-electron chi connectivity index (χ3n) is 6.31. The van der Waals surface area contributed by atoms with E-state index in [0.717, 1.165) is 31.2 Å². The van der Waals surface area contributed by atoms with Crippen LogP contribution < -0.4 is 5.32 Å². The van der Waals surface area contributed by atoms with Gasteiger partial charge < -0.3 is 15.1 Å². The number of benzene rings is 1. The lowest BCUT2D eigenvalue weighted by atomic mass is 9.84. The van der Waals surface area contributed by atoms with Gasteiger partial charge in [-0.25, -0.2) is 4.79 Å². The van der Waals surface area contributed by atoms with Gasteiger partial charge in [-0.05, 0) is 50.5 Å². The Balaban J connectivity index is 1.66. The molecule has 1 amide bonds. The van der Waals surface area contributed by atoms with Crippen LogP contribution in [0.5, 0.6) is 0 Å². The van der Waals surface area contributed by atoms with Crippen LogP contribution in [0.25, 0.3) is 0 Å². The number of carboxylic acid groups (broad SMARTS) is 2. The molecule has 1 saturated carbocycles. The van der Waals surface area contributed by atoms with Crippen molar-refractivity contribution in [2.24, 2.45) is 5.92 Å². The number of carbonyl (C=O) groups is 3. The van der Waals surface area contributed by atoms with Crippen LogP contribution in [0.4, 0.5) is 0 Å². The minimum atomic E-state index is -1.01. The van der Waals surface area contributed by atoms with E-state index < -0.39 is 30.1 Å². The van der Waals surface area contributed by atoms with Crippen molar-refractivity contribution in [3.8, 4) is 0 Å². The molecule has 3 rings (SSSR count). The highest BCUT2D eigenvalue weighted by atomic mass is 16.4. The molecule has 2 unspecified atom stereocenters. The minimum absolute atomic E-state index is 0.0470. The summed E-state index contributed by atoms with van der Waals surface area (Å²) in [6.07, 6.45) is 5.27. The second-order valence-corrected chi connectivity index (χ2v) is 8.25. The molecule has 158 valence electrons. The summed E-state index contributed by atoms with van der Waals surface area (Å²) in [4.78, 5) is 38.2. The Kier molecular flexibility index (Phi) is 6.90. The molecule has 2 fully saturated rings. The number of nitrogens with one attached hydrogen (secondary N) is 1. The van der Waals surface area contributed by atoms with E-state index in [1.54, 1.807) is 6.92 Å². The van der Waals surface area contributed by atoms with E-state index in [4.69, 9.17) is 0 Å². The third-order valence-corrected chi connectivity index (χ3v) is 6.31. The number of hydrogen-bond acceptors (Lipinski definition) is 4. The van der Waals surface area contributed by atoms with E-state index in [1.807, 2.05) is 30.3 Å². The Morgan fingerprint density at radius 1 is 1.14 bits per heavy atom. The first kappa shape index (κ1) is 21.3. The Labute approximate surface area is 171 Å². The first-order valence-electron chi connectivity index (χ1n) is 10.5. The maximum Gasteiger partial charge on any atom is 0.326 e. The molecule has 2 aliphatic rings. The molecular formula is C22H30N2O5. The second-order valence-electron chi connectivity index (χ2n) is 8.25. The predicted octanol–water partition coefficient (Wildman–Crippen LogP) is 2.29. The van der Waals surface area contributed by atoms with Gasteiger partial charge in [-0.3, -0.25) is 14.9 Å². The maximum absolute atomic E-state index is 13.2. The van der Waals surface area contributed by atoms with Crippen LogP contribution in [0, 0.1) is 5.92 Å².